The van der Waals surface area contributed by atoms with Gasteiger partial charge in [0.1, 0.15) is 5.60 Å². The molecular formula is C16H21ClN2O2. The lowest BCUT2D eigenvalue weighted by Gasteiger charge is -2.33. The minimum atomic E-state index is -0.491. The summed E-state index contributed by atoms with van der Waals surface area (Å²) in [4.78, 5) is 14.4. The molecule has 0 unspecified atom stereocenters. The van der Waals surface area contributed by atoms with Crippen molar-refractivity contribution in [3.63, 3.8) is 0 Å². The van der Waals surface area contributed by atoms with Crippen LogP contribution in [0, 0.1) is 0 Å². The number of fused-ring (bicyclic) bond motifs is 3. The van der Waals surface area contributed by atoms with Gasteiger partial charge in [0.05, 0.1) is 5.69 Å². The predicted molar refractivity (Wildman–Crippen MR) is 84.2 cm³/mol. The third-order valence-corrected chi connectivity index (χ3v) is 4.25. The molecule has 2 aliphatic rings. The van der Waals surface area contributed by atoms with Crippen LogP contribution in [0.5, 0.6) is 0 Å². The minimum absolute atomic E-state index is 0.162. The van der Waals surface area contributed by atoms with Gasteiger partial charge in [0.2, 0.25) is 0 Å². The molecule has 0 bridgehead atoms. The zero-order valence-corrected chi connectivity index (χ0v) is 13.4. The van der Waals surface area contributed by atoms with E-state index < -0.39 is 5.60 Å². The van der Waals surface area contributed by atoms with Crippen molar-refractivity contribution in [2.75, 3.05) is 18.0 Å². The Morgan fingerprint density at radius 1 is 1.43 bits per heavy atom. The van der Waals surface area contributed by atoms with E-state index in [2.05, 4.69) is 5.32 Å². The van der Waals surface area contributed by atoms with E-state index in [1.807, 2.05) is 43.9 Å². The summed E-state index contributed by atoms with van der Waals surface area (Å²) in [5.74, 6) is 0.292. The number of benzene rings is 1. The number of hydrogen-bond donors (Lipinski definition) is 1. The standard InChI is InChI=1S/C16H21ClN2O2/c1-16(2,3)21-15(20)19-13-5-4-10(17)8-11(13)12-9-18-7-6-14(12)19/h4-5,8,12,14,18H,6-7,9H2,1-3H3/t12-,14+/m1/s1. The number of carbonyl (C=O) groups is 1. The number of halogens is 1. The van der Waals surface area contributed by atoms with E-state index in [1.54, 1.807) is 0 Å². The zero-order chi connectivity index (χ0) is 15.2. The summed E-state index contributed by atoms with van der Waals surface area (Å²) >= 11 is 6.13. The van der Waals surface area contributed by atoms with E-state index in [4.69, 9.17) is 16.3 Å². The van der Waals surface area contributed by atoms with Crippen molar-refractivity contribution in [2.24, 2.45) is 0 Å². The van der Waals surface area contributed by atoms with Crippen molar-refractivity contribution in [3.8, 4) is 0 Å². The highest BCUT2D eigenvalue weighted by atomic mass is 35.5. The van der Waals surface area contributed by atoms with Crippen LogP contribution in [0.1, 0.15) is 38.7 Å². The molecule has 1 amide bonds. The number of amides is 1. The molecule has 3 rings (SSSR count). The molecule has 0 aliphatic carbocycles. The molecule has 0 spiro atoms. The highest BCUT2D eigenvalue weighted by Crippen LogP contribution is 2.44. The molecule has 1 saturated heterocycles. The van der Waals surface area contributed by atoms with Crippen LogP contribution in [-0.4, -0.2) is 30.8 Å². The van der Waals surface area contributed by atoms with Gasteiger partial charge in [-0.05, 0) is 57.5 Å². The van der Waals surface area contributed by atoms with Crippen LogP contribution in [0.25, 0.3) is 0 Å². The number of ether oxygens (including phenoxy) is 1. The topological polar surface area (TPSA) is 41.6 Å². The highest BCUT2D eigenvalue weighted by Gasteiger charge is 2.44. The number of hydrogen-bond acceptors (Lipinski definition) is 3. The summed E-state index contributed by atoms with van der Waals surface area (Å²) in [6.45, 7) is 7.47. The van der Waals surface area contributed by atoms with Gasteiger partial charge in [0.25, 0.3) is 0 Å². The van der Waals surface area contributed by atoms with Gasteiger partial charge in [0, 0.05) is 23.5 Å². The quantitative estimate of drug-likeness (QED) is 0.797. The molecule has 114 valence electrons. The Kier molecular flexibility index (Phi) is 3.62. The Bertz CT molecular complexity index is 568. The molecule has 0 saturated carbocycles. The van der Waals surface area contributed by atoms with E-state index in [0.29, 0.717) is 10.9 Å². The van der Waals surface area contributed by atoms with Crippen LogP contribution in [0.4, 0.5) is 10.5 Å². The van der Waals surface area contributed by atoms with Gasteiger partial charge in [-0.25, -0.2) is 4.79 Å². The molecule has 0 aromatic heterocycles. The second-order valence-corrected chi connectivity index (χ2v) is 7.16. The number of anilines is 1. The van der Waals surface area contributed by atoms with Crippen LogP contribution < -0.4 is 10.2 Å². The zero-order valence-electron chi connectivity index (χ0n) is 12.6. The maximum atomic E-state index is 12.6. The van der Waals surface area contributed by atoms with E-state index in [9.17, 15) is 4.79 Å². The van der Waals surface area contributed by atoms with Crippen LogP contribution in [0.3, 0.4) is 0 Å². The van der Waals surface area contributed by atoms with Gasteiger partial charge in [0.15, 0.2) is 0 Å². The van der Waals surface area contributed by atoms with Gasteiger partial charge < -0.3 is 10.1 Å². The van der Waals surface area contributed by atoms with Crippen LogP contribution >= 0.6 is 11.6 Å². The van der Waals surface area contributed by atoms with E-state index in [0.717, 1.165) is 30.8 Å². The summed E-state index contributed by atoms with van der Waals surface area (Å²) in [7, 11) is 0. The lowest BCUT2D eigenvalue weighted by atomic mass is 9.90. The fourth-order valence-electron chi connectivity index (χ4n) is 3.24. The first-order valence-electron chi connectivity index (χ1n) is 7.39. The summed E-state index contributed by atoms with van der Waals surface area (Å²) < 4.78 is 5.59. The van der Waals surface area contributed by atoms with Crippen LogP contribution in [-0.2, 0) is 4.74 Å². The van der Waals surface area contributed by atoms with Crippen molar-refractivity contribution in [2.45, 2.75) is 44.8 Å². The molecule has 0 radical (unpaired) electrons. The number of rotatable bonds is 0. The van der Waals surface area contributed by atoms with Crippen molar-refractivity contribution < 1.29 is 9.53 Å². The molecule has 2 heterocycles. The molecular weight excluding hydrogens is 288 g/mol. The number of piperidine rings is 1. The average Bonchev–Trinajstić information content (AvgIpc) is 2.71. The Labute approximate surface area is 130 Å². The minimum Gasteiger partial charge on any atom is -0.443 e. The summed E-state index contributed by atoms with van der Waals surface area (Å²) in [5.41, 5.74) is 1.59. The third kappa shape index (κ3) is 2.74. The van der Waals surface area contributed by atoms with Crippen LogP contribution in [0.2, 0.25) is 5.02 Å². The SMILES string of the molecule is CC(C)(C)OC(=O)N1c2ccc(Cl)cc2[C@H]2CNCC[C@@H]21. The Morgan fingerprint density at radius 2 is 2.19 bits per heavy atom. The number of nitrogens with one attached hydrogen (secondary N) is 1. The van der Waals surface area contributed by atoms with Gasteiger partial charge >= 0.3 is 6.09 Å². The molecule has 1 aromatic carbocycles. The molecule has 21 heavy (non-hydrogen) atoms. The monoisotopic (exact) mass is 308 g/mol. The number of carbonyl (C=O) groups excluding carboxylic acids is 1. The second-order valence-electron chi connectivity index (χ2n) is 6.72. The maximum absolute atomic E-state index is 12.6. The predicted octanol–water partition coefficient (Wildman–Crippen LogP) is 3.54. The van der Waals surface area contributed by atoms with Gasteiger partial charge in [-0.2, -0.15) is 0 Å². The van der Waals surface area contributed by atoms with Crippen molar-refractivity contribution in [3.05, 3.63) is 28.8 Å². The fraction of sp³-hybridized carbons (Fsp3) is 0.562. The van der Waals surface area contributed by atoms with Crippen molar-refractivity contribution in [1.82, 2.24) is 5.32 Å². The third-order valence-electron chi connectivity index (χ3n) is 4.02. The van der Waals surface area contributed by atoms with Crippen LogP contribution in [0.15, 0.2) is 18.2 Å². The molecule has 2 aliphatic heterocycles. The largest absolute Gasteiger partial charge is 0.443 e. The lowest BCUT2D eigenvalue weighted by molar-refractivity contribution is 0.0562. The van der Waals surface area contributed by atoms with E-state index >= 15 is 0 Å². The molecule has 1 fully saturated rings. The summed E-state index contributed by atoms with van der Waals surface area (Å²) in [5, 5.41) is 4.11. The Hall–Kier alpha value is -1.26. The molecule has 4 nitrogen and oxygen atoms in total. The highest BCUT2D eigenvalue weighted by molar-refractivity contribution is 6.30. The normalized spacial score (nSPS) is 24.5. The van der Waals surface area contributed by atoms with Gasteiger partial charge in [-0.3, -0.25) is 4.90 Å². The molecule has 2 atom stereocenters. The average molecular weight is 309 g/mol. The smallest absolute Gasteiger partial charge is 0.415 e. The Morgan fingerprint density at radius 3 is 2.90 bits per heavy atom. The first-order valence-corrected chi connectivity index (χ1v) is 7.77. The molecule has 5 heteroatoms. The summed E-state index contributed by atoms with van der Waals surface area (Å²) in [6, 6.07) is 5.91. The first kappa shape index (κ1) is 14.7. The van der Waals surface area contributed by atoms with E-state index in [1.165, 1.54) is 0 Å². The molecule has 1 aromatic rings. The van der Waals surface area contributed by atoms with Gasteiger partial charge in [-0.1, -0.05) is 11.6 Å². The number of nitrogens with zero attached hydrogens (tertiary/aromatic N) is 1. The molecule has 1 N–H and O–H groups in total. The fourth-order valence-corrected chi connectivity index (χ4v) is 3.42. The van der Waals surface area contributed by atoms with Crippen molar-refractivity contribution >= 4 is 23.4 Å². The second kappa shape index (κ2) is 5.18. The lowest BCUT2D eigenvalue weighted by Crippen LogP contribution is -2.48. The van der Waals surface area contributed by atoms with Crippen molar-refractivity contribution in [1.29, 1.82) is 0 Å². The first-order chi connectivity index (χ1) is 9.87. The Balaban J connectivity index is 1.98. The maximum Gasteiger partial charge on any atom is 0.415 e. The van der Waals surface area contributed by atoms with E-state index in [-0.39, 0.29) is 12.1 Å². The van der Waals surface area contributed by atoms with Gasteiger partial charge in [-0.15, -0.1) is 0 Å². The summed E-state index contributed by atoms with van der Waals surface area (Å²) in [6.07, 6.45) is 0.663.